The lowest BCUT2D eigenvalue weighted by atomic mass is 9.82. The number of benzene rings is 1. The standard InChI is InChI=1S/C16H21NO5/c1-2-22-16(21)12-4-3-5-13(19)14(12)17-15(20)10-6-8-11(18)9-7-10/h6-9,12-14,18-19H,2-5H2,1H3,(H,17,20)/t12-,13-,14?/m0/s1. The van der Waals surface area contributed by atoms with Gasteiger partial charge in [-0.2, -0.15) is 0 Å². The van der Waals surface area contributed by atoms with E-state index in [-0.39, 0.29) is 18.3 Å². The highest BCUT2D eigenvalue weighted by atomic mass is 16.5. The van der Waals surface area contributed by atoms with Crippen molar-refractivity contribution >= 4 is 11.9 Å². The highest BCUT2D eigenvalue weighted by Crippen LogP contribution is 2.26. The molecule has 1 unspecified atom stereocenters. The van der Waals surface area contributed by atoms with Crippen LogP contribution >= 0.6 is 0 Å². The molecule has 1 amide bonds. The number of carbonyl (C=O) groups excluding carboxylic acids is 2. The molecule has 3 atom stereocenters. The van der Waals surface area contributed by atoms with Crippen LogP contribution < -0.4 is 5.32 Å². The van der Waals surface area contributed by atoms with E-state index in [1.807, 2.05) is 0 Å². The Bertz CT molecular complexity index is 528. The smallest absolute Gasteiger partial charge is 0.311 e. The summed E-state index contributed by atoms with van der Waals surface area (Å²) < 4.78 is 5.03. The Balaban J connectivity index is 2.10. The average Bonchev–Trinajstić information content (AvgIpc) is 2.50. The number of nitrogens with one attached hydrogen (secondary N) is 1. The number of aromatic hydroxyl groups is 1. The van der Waals surface area contributed by atoms with Gasteiger partial charge < -0.3 is 20.3 Å². The maximum absolute atomic E-state index is 12.2. The zero-order valence-corrected chi connectivity index (χ0v) is 12.5. The van der Waals surface area contributed by atoms with E-state index in [1.165, 1.54) is 24.3 Å². The van der Waals surface area contributed by atoms with Crippen LogP contribution in [0.25, 0.3) is 0 Å². The SMILES string of the molecule is CCOC(=O)[C@H]1CCC[C@H](O)C1NC(=O)c1ccc(O)cc1. The van der Waals surface area contributed by atoms with E-state index in [1.54, 1.807) is 6.92 Å². The normalized spacial score (nSPS) is 24.5. The number of phenolic OH excluding ortho intramolecular Hbond substituents is 1. The van der Waals surface area contributed by atoms with E-state index in [4.69, 9.17) is 4.74 Å². The topological polar surface area (TPSA) is 95.9 Å². The summed E-state index contributed by atoms with van der Waals surface area (Å²) in [6.45, 7) is 1.99. The van der Waals surface area contributed by atoms with Gasteiger partial charge in [-0.25, -0.2) is 0 Å². The third-order valence-corrected chi connectivity index (χ3v) is 3.88. The lowest BCUT2D eigenvalue weighted by molar-refractivity contribution is -0.151. The van der Waals surface area contributed by atoms with Gasteiger partial charge in [0, 0.05) is 5.56 Å². The lowest BCUT2D eigenvalue weighted by Crippen LogP contribution is -2.53. The predicted octanol–water partition coefficient (Wildman–Crippen LogP) is 1.21. The van der Waals surface area contributed by atoms with Gasteiger partial charge in [0.25, 0.3) is 5.91 Å². The second kappa shape index (κ2) is 7.26. The molecule has 0 spiro atoms. The molecule has 0 saturated heterocycles. The van der Waals surface area contributed by atoms with Crippen molar-refractivity contribution in [1.29, 1.82) is 0 Å². The summed E-state index contributed by atoms with van der Waals surface area (Å²) in [5, 5.41) is 22.1. The van der Waals surface area contributed by atoms with Gasteiger partial charge in [0.2, 0.25) is 0 Å². The number of amides is 1. The first kappa shape index (κ1) is 16.3. The van der Waals surface area contributed by atoms with Crippen LogP contribution in [0.2, 0.25) is 0 Å². The first-order chi connectivity index (χ1) is 10.5. The predicted molar refractivity (Wildman–Crippen MR) is 79.3 cm³/mol. The molecule has 0 radical (unpaired) electrons. The molecule has 0 aliphatic heterocycles. The van der Waals surface area contributed by atoms with Crippen LogP contribution in [-0.2, 0) is 9.53 Å². The summed E-state index contributed by atoms with van der Waals surface area (Å²) in [5.41, 5.74) is 0.359. The van der Waals surface area contributed by atoms with Gasteiger partial charge in [-0.15, -0.1) is 0 Å². The minimum atomic E-state index is -0.774. The first-order valence-electron chi connectivity index (χ1n) is 7.47. The van der Waals surface area contributed by atoms with Crippen LogP contribution in [0.5, 0.6) is 5.75 Å². The summed E-state index contributed by atoms with van der Waals surface area (Å²) in [5.74, 6) is -1.25. The Hall–Kier alpha value is -2.08. The largest absolute Gasteiger partial charge is 0.508 e. The molecule has 2 rings (SSSR count). The molecule has 1 aromatic rings. The lowest BCUT2D eigenvalue weighted by Gasteiger charge is -2.34. The van der Waals surface area contributed by atoms with Crippen molar-refractivity contribution < 1.29 is 24.5 Å². The summed E-state index contributed by atoms with van der Waals surface area (Å²) in [6.07, 6.45) is 1.06. The van der Waals surface area contributed by atoms with Crippen molar-refractivity contribution in [3.63, 3.8) is 0 Å². The summed E-state index contributed by atoms with van der Waals surface area (Å²) in [7, 11) is 0. The second-order valence-corrected chi connectivity index (χ2v) is 5.40. The fraction of sp³-hybridized carbons (Fsp3) is 0.500. The second-order valence-electron chi connectivity index (χ2n) is 5.40. The van der Waals surface area contributed by atoms with E-state index < -0.39 is 24.0 Å². The maximum atomic E-state index is 12.2. The quantitative estimate of drug-likeness (QED) is 0.727. The van der Waals surface area contributed by atoms with Gasteiger partial charge in [-0.3, -0.25) is 9.59 Å². The summed E-state index contributed by atoms with van der Waals surface area (Å²) in [4.78, 5) is 24.2. The van der Waals surface area contributed by atoms with Crippen LogP contribution in [0.15, 0.2) is 24.3 Å². The van der Waals surface area contributed by atoms with E-state index in [0.717, 1.165) is 6.42 Å². The molecule has 0 bridgehead atoms. The number of carbonyl (C=O) groups is 2. The number of aliphatic hydroxyl groups is 1. The van der Waals surface area contributed by atoms with E-state index >= 15 is 0 Å². The third-order valence-electron chi connectivity index (χ3n) is 3.88. The number of ether oxygens (including phenoxy) is 1. The Morgan fingerprint density at radius 3 is 2.59 bits per heavy atom. The molecule has 1 aliphatic carbocycles. The number of hydrogen-bond acceptors (Lipinski definition) is 5. The van der Waals surface area contributed by atoms with Gasteiger partial charge in [0.05, 0.1) is 24.7 Å². The van der Waals surface area contributed by atoms with Crippen molar-refractivity contribution in [3.05, 3.63) is 29.8 Å². The Morgan fingerprint density at radius 2 is 1.95 bits per heavy atom. The van der Waals surface area contributed by atoms with Gasteiger partial charge in [-0.05, 0) is 50.5 Å². The molecule has 1 saturated carbocycles. The third kappa shape index (κ3) is 3.76. The maximum Gasteiger partial charge on any atom is 0.311 e. The molecule has 0 heterocycles. The van der Waals surface area contributed by atoms with Crippen molar-refractivity contribution in [2.24, 2.45) is 5.92 Å². The Labute approximate surface area is 129 Å². The van der Waals surface area contributed by atoms with Crippen molar-refractivity contribution in [1.82, 2.24) is 5.32 Å². The zero-order valence-electron chi connectivity index (χ0n) is 12.5. The van der Waals surface area contributed by atoms with Crippen LogP contribution in [0.1, 0.15) is 36.5 Å². The fourth-order valence-corrected chi connectivity index (χ4v) is 2.73. The van der Waals surface area contributed by atoms with Crippen LogP contribution in [0.4, 0.5) is 0 Å². The number of hydrogen-bond donors (Lipinski definition) is 3. The molecule has 22 heavy (non-hydrogen) atoms. The van der Waals surface area contributed by atoms with Gasteiger partial charge in [0.15, 0.2) is 0 Å². The average molecular weight is 307 g/mol. The van der Waals surface area contributed by atoms with Gasteiger partial charge >= 0.3 is 5.97 Å². The number of esters is 1. The van der Waals surface area contributed by atoms with E-state index in [0.29, 0.717) is 18.4 Å². The summed E-state index contributed by atoms with van der Waals surface area (Å²) >= 11 is 0. The zero-order chi connectivity index (χ0) is 16.1. The molecular formula is C16H21NO5. The molecule has 1 fully saturated rings. The summed E-state index contributed by atoms with van der Waals surface area (Å²) in [6, 6.07) is 5.14. The first-order valence-corrected chi connectivity index (χ1v) is 7.47. The molecule has 1 aromatic carbocycles. The van der Waals surface area contributed by atoms with Crippen molar-refractivity contribution in [3.8, 4) is 5.75 Å². The number of rotatable bonds is 4. The molecule has 6 nitrogen and oxygen atoms in total. The van der Waals surface area contributed by atoms with Crippen LogP contribution in [0, 0.1) is 5.92 Å². The molecular weight excluding hydrogens is 286 g/mol. The number of aliphatic hydroxyl groups excluding tert-OH is 1. The van der Waals surface area contributed by atoms with Crippen LogP contribution in [0.3, 0.4) is 0 Å². The van der Waals surface area contributed by atoms with Gasteiger partial charge in [-0.1, -0.05) is 0 Å². The van der Waals surface area contributed by atoms with Gasteiger partial charge in [0.1, 0.15) is 5.75 Å². The van der Waals surface area contributed by atoms with Crippen molar-refractivity contribution in [2.75, 3.05) is 6.61 Å². The number of phenols is 1. The highest BCUT2D eigenvalue weighted by Gasteiger charge is 2.38. The molecule has 0 aromatic heterocycles. The fourth-order valence-electron chi connectivity index (χ4n) is 2.73. The Morgan fingerprint density at radius 1 is 1.27 bits per heavy atom. The van der Waals surface area contributed by atoms with E-state index in [9.17, 15) is 19.8 Å². The van der Waals surface area contributed by atoms with Crippen molar-refractivity contribution in [2.45, 2.75) is 38.3 Å². The Kier molecular flexibility index (Phi) is 5.38. The monoisotopic (exact) mass is 307 g/mol. The van der Waals surface area contributed by atoms with Crippen LogP contribution in [-0.4, -0.2) is 40.8 Å². The minimum Gasteiger partial charge on any atom is -0.508 e. The molecule has 6 heteroatoms. The molecule has 1 aliphatic rings. The van der Waals surface area contributed by atoms with E-state index in [2.05, 4.69) is 5.32 Å². The molecule has 120 valence electrons. The highest BCUT2D eigenvalue weighted by molar-refractivity contribution is 5.94. The minimum absolute atomic E-state index is 0.0682. The molecule has 3 N–H and O–H groups in total.